The number of nitrogens with one attached hydrogen (secondary N) is 1. The first-order chi connectivity index (χ1) is 10.3. The van der Waals surface area contributed by atoms with Crippen LogP contribution >= 0.6 is 0 Å². The van der Waals surface area contributed by atoms with Crippen molar-refractivity contribution in [2.24, 2.45) is 5.92 Å². The number of hydrogen-bond donors (Lipinski definition) is 1. The fraction of sp³-hybridized carbons (Fsp3) is 0.467. The molecule has 0 saturated carbocycles. The number of carbonyl (C=O) groups excluding carboxylic acids is 2. The Morgan fingerprint density at radius 3 is 2.68 bits per heavy atom. The highest BCUT2D eigenvalue weighted by Gasteiger charge is 2.30. The molecule has 1 fully saturated rings. The lowest BCUT2D eigenvalue weighted by Crippen LogP contribution is -2.43. The second-order valence-electron chi connectivity index (χ2n) is 5.59. The predicted molar refractivity (Wildman–Crippen MR) is 84.2 cm³/mol. The van der Waals surface area contributed by atoms with Crippen LogP contribution in [0.2, 0.25) is 0 Å². The summed E-state index contributed by atoms with van der Waals surface area (Å²) in [7, 11) is -3.27. The van der Waals surface area contributed by atoms with Crippen LogP contribution in [0.25, 0.3) is 0 Å². The molecule has 22 heavy (non-hydrogen) atoms. The van der Waals surface area contributed by atoms with Crippen molar-refractivity contribution in [3.05, 3.63) is 29.8 Å². The molecule has 7 heteroatoms. The van der Waals surface area contributed by atoms with Gasteiger partial charge in [-0.05, 0) is 31.9 Å². The number of Topliss-reactive ketones (excluding diaryl/α,β-unsaturated/α-hetero) is 1. The minimum Gasteiger partial charge on any atom is -0.326 e. The molecule has 120 valence electrons. The molecule has 0 spiro atoms. The summed E-state index contributed by atoms with van der Waals surface area (Å²) in [5.74, 6) is -0.657. The molecule has 1 aromatic carbocycles. The molecule has 0 aromatic heterocycles. The molecule has 0 aliphatic carbocycles. The molecule has 1 N–H and O–H groups in total. The van der Waals surface area contributed by atoms with Gasteiger partial charge in [0.2, 0.25) is 15.9 Å². The normalized spacial score (nSPS) is 19.6. The van der Waals surface area contributed by atoms with Crippen LogP contribution in [-0.4, -0.2) is 43.8 Å². The maximum Gasteiger partial charge on any atom is 0.228 e. The van der Waals surface area contributed by atoms with Crippen LogP contribution in [0.3, 0.4) is 0 Å². The summed E-state index contributed by atoms with van der Waals surface area (Å²) in [5, 5.41) is 2.77. The average molecular weight is 324 g/mol. The third kappa shape index (κ3) is 4.14. The SMILES string of the molecule is CC(=O)c1cccc(NC(=O)[C@@H]2CCCN(S(C)(=O)=O)C2)c1. The lowest BCUT2D eigenvalue weighted by Gasteiger charge is -2.30. The fourth-order valence-electron chi connectivity index (χ4n) is 2.52. The Morgan fingerprint density at radius 2 is 2.05 bits per heavy atom. The van der Waals surface area contributed by atoms with Crippen molar-refractivity contribution in [2.75, 3.05) is 24.7 Å². The van der Waals surface area contributed by atoms with Gasteiger partial charge in [-0.2, -0.15) is 0 Å². The van der Waals surface area contributed by atoms with Gasteiger partial charge in [0.25, 0.3) is 0 Å². The summed E-state index contributed by atoms with van der Waals surface area (Å²) in [6, 6.07) is 6.72. The van der Waals surface area contributed by atoms with E-state index >= 15 is 0 Å². The quantitative estimate of drug-likeness (QED) is 0.851. The number of anilines is 1. The molecule has 1 saturated heterocycles. The number of piperidine rings is 1. The second kappa shape index (κ2) is 6.58. The number of carbonyl (C=O) groups is 2. The molecular formula is C15H20N2O4S. The lowest BCUT2D eigenvalue weighted by molar-refractivity contribution is -0.120. The van der Waals surface area contributed by atoms with E-state index in [0.29, 0.717) is 30.6 Å². The van der Waals surface area contributed by atoms with E-state index in [0.717, 1.165) is 6.26 Å². The summed E-state index contributed by atoms with van der Waals surface area (Å²) in [5.41, 5.74) is 1.08. The highest BCUT2D eigenvalue weighted by atomic mass is 32.2. The van der Waals surface area contributed by atoms with Crippen LogP contribution in [0.1, 0.15) is 30.1 Å². The van der Waals surface area contributed by atoms with E-state index in [4.69, 9.17) is 0 Å². The van der Waals surface area contributed by atoms with Gasteiger partial charge in [-0.25, -0.2) is 12.7 Å². The van der Waals surface area contributed by atoms with Crippen molar-refractivity contribution in [2.45, 2.75) is 19.8 Å². The summed E-state index contributed by atoms with van der Waals surface area (Å²) in [4.78, 5) is 23.7. The molecule has 1 aliphatic heterocycles. The van der Waals surface area contributed by atoms with Crippen molar-refractivity contribution in [1.82, 2.24) is 4.31 Å². The Hall–Kier alpha value is -1.73. The molecule has 0 radical (unpaired) electrons. The van der Waals surface area contributed by atoms with E-state index in [2.05, 4.69) is 5.32 Å². The van der Waals surface area contributed by atoms with Gasteiger partial charge in [-0.15, -0.1) is 0 Å². The van der Waals surface area contributed by atoms with Crippen molar-refractivity contribution < 1.29 is 18.0 Å². The molecule has 2 rings (SSSR count). The molecule has 0 unspecified atom stereocenters. The topological polar surface area (TPSA) is 83.6 Å². The Kier molecular flexibility index (Phi) is 4.97. The molecule has 1 amide bonds. The second-order valence-corrected chi connectivity index (χ2v) is 7.57. The lowest BCUT2D eigenvalue weighted by atomic mass is 9.98. The first kappa shape index (κ1) is 16.6. The fourth-order valence-corrected chi connectivity index (χ4v) is 3.43. The maximum atomic E-state index is 12.3. The standard InChI is InChI=1S/C15H20N2O4S/c1-11(18)12-5-3-7-14(9-12)16-15(19)13-6-4-8-17(10-13)22(2,20)21/h3,5,7,9,13H,4,6,8,10H2,1-2H3,(H,16,19)/t13-/m1/s1. The third-order valence-electron chi connectivity index (χ3n) is 3.76. The van der Waals surface area contributed by atoms with E-state index in [1.54, 1.807) is 24.3 Å². The Balaban J connectivity index is 2.06. The number of benzene rings is 1. The molecule has 6 nitrogen and oxygen atoms in total. The molecule has 0 bridgehead atoms. The highest BCUT2D eigenvalue weighted by molar-refractivity contribution is 7.88. The van der Waals surface area contributed by atoms with Crippen molar-refractivity contribution >= 4 is 27.4 Å². The zero-order chi connectivity index (χ0) is 16.3. The van der Waals surface area contributed by atoms with Gasteiger partial charge in [0.05, 0.1) is 12.2 Å². The van der Waals surface area contributed by atoms with Gasteiger partial charge in [-0.1, -0.05) is 12.1 Å². The first-order valence-corrected chi connectivity index (χ1v) is 8.99. The van der Waals surface area contributed by atoms with Gasteiger partial charge in [0.15, 0.2) is 5.78 Å². The van der Waals surface area contributed by atoms with E-state index in [1.807, 2.05) is 0 Å². The van der Waals surface area contributed by atoms with Crippen LogP contribution in [0, 0.1) is 5.92 Å². The summed E-state index contributed by atoms with van der Waals surface area (Å²) >= 11 is 0. The van der Waals surface area contributed by atoms with Gasteiger partial charge in [0, 0.05) is 24.3 Å². The molecule has 1 aromatic rings. The summed E-state index contributed by atoms with van der Waals surface area (Å²) < 4.78 is 24.5. The van der Waals surface area contributed by atoms with Crippen LogP contribution in [0.5, 0.6) is 0 Å². The molecule has 1 atom stereocenters. The minimum absolute atomic E-state index is 0.0722. The number of hydrogen-bond acceptors (Lipinski definition) is 4. The Labute approximate surface area is 130 Å². The van der Waals surface area contributed by atoms with E-state index in [9.17, 15) is 18.0 Å². The first-order valence-electron chi connectivity index (χ1n) is 7.14. The van der Waals surface area contributed by atoms with Crippen LogP contribution in [0.15, 0.2) is 24.3 Å². The van der Waals surface area contributed by atoms with Gasteiger partial charge in [-0.3, -0.25) is 9.59 Å². The molecule has 1 heterocycles. The zero-order valence-corrected chi connectivity index (χ0v) is 13.5. The number of ketones is 1. The minimum atomic E-state index is -3.27. The summed E-state index contributed by atoms with van der Waals surface area (Å²) in [6.07, 6.45) is 2.48. The zero-order valence-electron chi connectivity index (χ0n) is 12.7. The average Bonchev–Trinajstić information content (AvgIpc) is 2.46. The number of nitrogens with zero attached hydrogens (tertiary/aromatic N) is 1. The van der Waals surface area contributed by atoms with Gasteiger partial charge < -0.3 is 5.32 Å². The Morgan fingerprint density at radius 1 is 1.32 bits per heavy atom. The smallest absolute Gasteiger partial charge is 0.228 e. The monoisotopic (exact) mass is 324 g/mol. The summed E-state index contributed by atoms with van der Waals surface area (Å²) in [6.45, 7) is 2.13. The maximum absolute atomic E-state index is 12.3. The van der Waals surface area contributed by atoms with Crippen molar-refractivity contribution in [1.29, 1.82) is 0 Å². The number of sulfonamides is 1. The van der Waals surface area contributed by atoms with Gasteiger partial charge >= 0.3 is 0 Å². The van der Waals surface area contributed by atoms with E-state index < -0.39 is 10.0 Å². The molecular weight excluding hydrogens is 304 g/mol. The molecule has 1 aliphatic rings. The van der Waals surface area contributed by atoms with Crippen LogP contribution in [-0.2, 0) is 14.8 Å². The number of rotatable bonds is 4. The Bertz CT molecular complexity index is 685. The largest absolute Gasteiger partial charge is 0.326 e. The van der Waals surface area contributed by atoms with Crippen molar-refractivity contribution in [3.8, 4) is 0 Å². The van der Waals surface area contributed by atoms with E-state index in [-0.39, 0.29) is 24.2 Å². The van der Waals surface area contributed by atoms with Crippen LogP contribution in [0.4, 0.5) is 5.69 Å². The van der Waals surface area contributed by atoms with Crippen molar-refractivity contribution in [3.63, 3.8) is 0 Å². The van der Waals surface area contributed by atoms with E-state index in [1.165, 1.54) is 11.2 Å². The van der Waals surface area contributed by atoms with Crippen LogP contribution < -0.4 is 5.32 Å². The number of amides is 1. The predicted octanol–water partition coefficient (Wildman–Crippen LogP) is 1.50. The highest BCUT2D eigenvalue weighted by Crippen LogP contribution is 2.21. The van der Waals surface area contributed by atoms with Gasteiger partial charge in [0.1, 0.15) is 0 Å². The third-order valence-corrected chi connectivity index (χ3v) is 5.03.